The van der Waals surface area contributed by atoms with Crippen molar-refractivity contribution in [3.8, 4) is 11.3 Å². The number of aromatic nitrogens is 6. The summed E-state index contributed by atoms with van der Waals surface area (Å²) in [6.45, 7) is 0.682. The van der Waals surface area contributed by atoms with Crippen LogP contribution in [0.3, 0.4) is 0 Å². The first-order valence-electron chi connectivity index (χ1n) is 7.63. The van der Waals surface area contributed by atoms with Crippen LogP contribution in [0.1, 0.15) is 0 Å². The SMILES string of the molecule is Fc1ccccc1-c1cc(NCCSc2ncn[nH]2)n2nccc2n1. The Hall–Kier alpha value is -2.94. The topological polar surface area (TPSA) is 83.8 Å². The summed E-state index contributed by atoms with van der Waals surface area (Å²) in [6, 6.07) is 10.2. The van der Waals surface area contributed by atoms with Crippen LogP contribution in [0.5, 0.6) is 0 Å². The van der Waals surface area contributed by atoms with Gasteiger partial charge in [-0.05, 0) is 12.1 Å². The van der Waals surface area contributed by atoms with Gasteiger partial charge in [0.25, 0.3) is 0 Å². The van der Waals surface area contributed by atoms with E-state index in [4.69, 9.17) is 0 Å². The summed E-state index contributed by atoms with van der Waals surface area (Å²) in [6.07, 6.45) is 3.15. The largest absolute Gasteiger partial charge is 0.369 e. The minimum absolute atomic E-state index is 0.300. The van der Waals surface area contributed by atoms with Crippen LogP contribution in [0.15, 0.2) is 54.1 Å². The second-order valence-corrected chi connectivity index (χ2v) is 6.26. The number of H-pyrrole nitrogens is 1. The highest BCUT2D eigenvalue weighted by Crippen LogP contribution is 2.24. The monoisotopic (exact) mass is 355 g/mol. The minimum atomic E-state index is -0.300. The van der Waals surface area contributed by atoms with Crippen molar-refractivity contribution < 1.29 is 4.39 Å². The van der Waals surface area contributed by atoms with E-state index in [0.29, 0.717) is 23.4 Å². The van der Waals surface area contributed by atoms with Gasteiger partial charge in [-0.3, -0.25) is 5.10 Å². The van der Waals surface area contributed by atoms with Crippen molar-refractivity contribution in [3.63, 3.8) is 0 Å². The molecule has 4 aromatic rings. The molecule has 3 heterocycles. The van der Waals surface area contributed by atoms with E-state index in [9.17, 15) is 4.39 Å². The number of thioether (sulfide) groups is 1. The van der Waals surface area contributed by atoms with Gasteiger partial charge in [0, 0.05) is 30.0 Å². The molecule has 3 aromatic heterocycles. The van der Waals surface area contributed by atoms with E-state index in [2.05, 4.69) is 30.6 Å². The van der Waals surface area contributed by atoms with Gasteiger partial charge in [0.1, 0.15) is 18.0 Å². The van der Waals surface area contributed by atoms with Crippen molar-refractivity contribution in [1.29, 1.82) is 0 Å². The number of anilines is 1. The summed E-state index contributed by atoms with van der Waals surface area (Å²) in [5.41, 5.74) is 1.69. The minimum Gasteiger partial charge on any atom is -0.369 e. The smallest absolute Gasteiger partial charge is 0.183 e. The average molecular weight is 355 g/mol. The second kappa shape index (κ2) is 6.89. The molecule has 0 aliphatic carbocycles. The van der Waals surface area contributed by atoms with Crippen LogP contribution >= 0.6 is 11.8 Å². The van der Waals surface area contributed by atoms with Crippen LogP contribution < -0.4 is 5.32 Å². The Kier molecular flexibility index (Phi) is 4.30. The molecule has 0 atom stereocenters. The van der Waals surface area contributed by atoms with Crippen molar-refractivity contribution in [2.24, 2.45) is 0 Å². The Bertz CT molecular complexity index is 983. The van der Waals surface area contributed by atoms with Gasteiger partial charge < -0.3 is 5.32 Å². The molecule has 0 aliphatic heterocycles. The predicted molar refractivity (Wildman–Crippen MR) is 94.0 cm³/mol. The lowest BCUT2D eigenvalue weighted by Gasteiger charge is -2.10. The molecular weight excluding hydrogens is 341 g/mol. The van der Waals surface area contributed by atoms with Crippen LogP contribution in [-0.2, 0) is 0 Å². The first-order chi connectivity index (χ1) is 12.3. The van der Waals surface area contributed by atoms with Crippen molar-refractivity contribution >= 4 is 23.2 Å². The molecule has 0 unspecified atom stereocenters. The van der Waals surface area contributed by atoms with Gasteiger partial charge in [-0.1, -0.05) is 23.9 Å². The van der Waals surface area contributed by atoms with Crippen molar-refractivity contribution in [3.05, 3.63) is 54.7 Å². The molecule has 0 amide bonds. The Morgan fingerprint density at radius 1 is 1.24 bits per heavy atom. The number of halogens is 1. The lowest BCUT2D eigenvalue weighted by Crippen LogP contribution is -2.10. The summed E-state index contributed by atoms with van der Waals surface area (Å²) in [7, 11) is 0. The van der Waals surface area contributed by atoms with Gasteiger partial charge in [-0.25, -0.2) is 14.4 Å². The van der Waals surface area contributed by atoms with E-state index in [0.717, 1.165) is 16.7 Å². The van der Waals surface area contributed by atoms with Crippen LogP contribution in [-0.4, -0.2) is 42.1 Å². The molecule has 0 bridgehead atoms. The number of aromatic amines is 1. The third-order valence-electron chi connectivity index (χ3n) is 3.55. The number of benzene rings is 1. The lowest BCUT2D eigenvalue weighted by molar-refractivity contribution is 0.630. The molecule has 126 valence electrons. The molecule has 9 heteroatoms. The number of fused-ring (bicyclic) bond motifs is 1. The highest BCUT2D eigenvalue weighted by molar-refractivity contribution is 7.99. The molecule has 2 N–H and O–H groups in total. The fraction of sp³-hybridized carbons (Fsp3) is 0.125. The zero-order chi connectivity index (χ0) is 17.1. The number of hydrogen-bond donors (Lipinski definition) is 2. The van der Waals surface area contributed by atoms with E-state index in [1.54, 1.807) is 52.8 Å². The molecule has 4 rings (SSSR count). The molecule has 0 radical (unpaired) electrons. The third kappa shape index (κ3) is 3.31. The van der Waals surface area contributed by atoms with Crippen LogP contribution in [0.2, 0.25) is 0 Å². The van der Waals surface area contributed by atoms with Crippen LogP contribution in [0.25, 0.3) is 16.9 Å². The number of nitrogens with zero attached hydrogens (tertiary/aromatic N) is 5. The van der Waals surface area contributed by atoms with Gasteiger partial charge in [0.2, 0.25) is 0 Å². The summed E-state index contributed by atoms with van der Waals surface area (Å²) in [4.78, 5) is 8.55. The number of hydrogen-bond acceptors (Lipinski definition) is 6. The zero-order valence-corrected chi connectivity index (χ0v) is 13.9. The average Bonchev–Trinajstić information content (AvgIpc) is 3.30. The molecule has 0 spiro atoms. The van der Waals surface area contributed by atoms with Crippen LogP contribution in [0, 0.1) is 5.82 Å². The fourth-order valence-electron chi connectivity index (χ4n) is 2.44. The Morgan fingerprint density at radius 3 is 3.00 bits per heavy atom. The molecule has 7 nitrogen and oxygen atoms in total. The summed E-state index contributed by atoms with van der Waals surface area (Å²) >= 11 is 1.56. The zero-order valence-electron chi connectivity index (χ0n) is 13.1. The predicted octanol–water partition coefficient (Wildman–Crippen LogP) is 2.86. The first-order valence-corrected chi connectivity index (χ1v) is 8.61. The van der Waals surface area contributed by atoms with Gasteiger partial charge in [0.15, 0.2) is 10.8 Å². The third-order valence-corrected chi connectivity index (χ3v) is 4.43. The van der Waals surface area contributed by atoms with E-state index >= 15 is 0 Å². The van der Waals surface area contributed by atoms with E-state index in [1.165, 1.54) is 12.4 Å². The van der Waals surface area contributed by atoms with Gasteiger partial charge >= 0.3 is 0 Å². The maximum absolute atomic E-state index is 14.1. The Balaban J connectivity index is 1.57. The van der Waals surface area contributed by atoms with Gasteiger partial charge in [-0.15, -0.1) is 0 Å². The molecule has 0 aliphatic rings. The maximum atomic E-state index is 14.1. The molecule has 0 fully saturated rings. The standard InChI is InChI=1S/C16H14FN7S/c17-12-4-2-1-3-11(12)13-9-15(24-14(22-13)5-6-21-24)18-7-8-25-16-19-10-20-23-16/h1-6,9-10,18H,7-8H2,(H,19,20,23). The quantitative estimate of drug-likeness (QED) is 0.409. The highest BCUT2D eigenvalue weighted by Gasteiger charge is 2.11. The van der Waals surface area contributed by atoms with Gasteiger partial charge in [0.05, 0.1) is 11.9 Å². The number of nitrogens with one attached hydrogen (secondary N) is 2. The summed E-state index contributed by atoms with van der Waals surface area (Å²) in [5.74, 6) is 1.24. The van der Waals surface area contributed by atoms with Crippen molar-refractivity contribution in [2.75, 3.05) is 17.6 Å². The normalized spacial score (nSPS) is 11.1. The molecule has 0 saturated carbocycles. The lowest BCUT2D eigenvalue weighted by atomic mass is 10.1. The highest BCUT2D eigenvalue weighted by atomic mass is 32.2. The number of rotatable bonds is 6. The Labute approximate surface area is 146 Å². The fourth-order valence-corrected chi connectivity index (χ4v) is 3.07. The van der Waals surface area contributed by atoms with Crippen molar-refractivity contribution in [2.45, 2.75) is 5.16 Å². The van der Waals surface area contributed by atoms with E-state index in [-0.39, 0.29) is 5.82 Å². The molecule has 25 heavy (non-hydrogen) atoms. The molecule has 1 aromatic carbocycles. The first kappa shape index (κ1) is 15.6. The maximum Gasteiger partial charge on any atom is 0.183 e. The molecular formula is C16H14FN7S. The van der Waals surface area contributed by atoms with E-state index < -0.39 is 0 Å². The summed E-state index contributed by atoms with van der Waals surface area (Å²) < 4.78 is 15.8. The van der Waals surface area contributed by atoms with Crippen LogP contribution in [0.4, 0.5) is 10.2 Å². The van der Waals surface area contributed by atoms with Gasteiger partial charge in [-0.2, -0.15) is 14.7 Å². The summed E-state index contributed by atoms with van der Waals surface area (Å²) in [5, 5.41) is 15.0. The second-order valence-electron chi connectivity index (χ2n) is 5.17. The van der Waals surface area contributed by atoms with Crippen molar-refractivity contribution in [1.82, 2.24) is 29.8 Å². The van der Waals surface area contributed by atoms with E-state index in [1.807, 2.05) is 0 Å². The Morgan fingerprint density at radius 2 is 2.16 bits per heavy atom. The molecule has 0 saturated heterocycles.